The van der Waals surface area contributed by atoms with Gasteiger partial charge in [-0.2, -0.15) is 0 Å². The van der Waals surface area contributed by atoms with E-state index in [2.05, 4.69) is 0 Å². The van der Waals surface area contributed by atoms with Gasteiger partial charge < -0.3 is 4.90 Å². The summed E-state index contributed by atoms with van der Waals surface area (Å²) in [5.74, 6) is 0.728. The van der Waals surface area contributed by atoms with Gasteiger partial charge in [-0.15, -0.1) is 11.8 Å². The van der Waals surface area contributed by atoms with Gasteiger partial charge in [-0.05, 0) is 18.6 Å². The number of nitrogens with zero attached hydrogens (tertiary/aromatic N) is 1. The van der Waals surface area contributed by atoms with Gasteiger partial charge in [0.1, 0.15) is 0 Å². The Hall–Kier alpha value is -1.29. The lowest BCUT2D eigenvalue weighted by atomic mass is 10.1. The van der Waals surface area contributed by atoms with Crippen molar-refractivity contribution in [2.45, 2.75) is 23.8 Å². The second kappa shape index (κ2) is 3.63. The minimum atomic E-state index is -0.219. The lowest BCUT2D eigenvalue weighted by Gasteiger charge is -2.22. The fourth-order valence-electron chi connectivity index (χ4n) is 2.31. The van der Waals surface area contributed by atoms with Crippen molar-refractivity contribution in [3.8, 4) is 0 Å². The normalized spacial score (nSPS) is 24.0. The number of rotatable bonds is 0. The number of fused-ring (bicyclic) bond motifs is 3. The fraction of sp³-hybridized carbons (Fsp3) is 0.333. The molecule has 1 aromatic carbocycles. The second-order valence-corrected chi connectivity index (χ2v) is 5.06. The van der Waals surface area contributed by atoms with E-state index >= 15 is 0 Å². The van der Waals surface area contributed by atoms with Crippen LogP contribution in [0.25, 0.3) is 0 Å². The summed E-state index contributed by atoms with van der Waals surface area (Å²) >= 11 is 1.53. The molecule has 3 rings (SSSR count). The van der Waals surface area contributed by atoms with Crippen LogP contribution in [0.15, 0.2) is 29.2 Å². The summed E-state index contributed by atoms with van der Waals surface area (Å²) < 4.78 is 0. The molecule has 0 aliphatic carbocycles. The highest BCUT2D eigenvalue weighted by Gasteiger charge is 2.39. The molecule has 0 bridgehead atoms. The first kappa shape index (κ1) is 9.90. The number of amides is 1. The van der Waals surface area contributed by atoms with E-state index < -0.39 is 0 Å². The van der Waals surface area contributed by atoms with E-state index in [-0.39, 0.29) is 17.7 Å². The summed E-state index contributed by atoms with van der Waals surface area (Å²) in [4.78, 5) is 26.5. The number of Topliss-reactive ketones (excluding diaryl/α,β-unsaturated/α-hetero) is 1. The molecule has 2 aliphatic heterocycles. The van der Waals surface area contributed by atoms with E-state index in [9.17, 15) is 9.59 Å². The minimum absolute atomic E-state index is 0.0771. The molecule has 1 atom stereocenters. The van der Waals surface area contributed by atoms with Crippen LogP contribution >= 0.6 is 11.8 Å². The number of thioether (sulfide) groups is 1. The first-order valence-electron chi connectivity index (χ1n) is 5.34. The molecule has 2 aliphatic rings. The van der Waals surface area contributed by atoms with Crippen LogP contribution in [0.1, 0.15) is 12.8 Å². The van der Waals surface area contributed by atoms with Crippen LogP contribution < -0.4 is 4.90 Å². The van der Waals surface area contributed by atoms with E-state index in [1.54, 1.807) is 4.90 Å². The van der Waals surface area contributed by atoms with Gasteiger partial charge in [0.2, 0.25) is 5.91 Å². The van der Waals surface area contributed by atoms with E-state index in [0.717, 1.165) is 10.6 Å². The molecule has 0 radical (unpaired) electrons. The molecule has 1 saturated heterocycles. The van der Waals surface area contributed by atoms with Gasteiger partial charge in [0.05, 0.1) is 17.5 Å². The van der Waals surface area contributed by atoms with Gasteiger partial charge in [-0.3, -0.25) is 9.59 Å². The SMILES string of the molecule is O=C1CSc2ccccc2N2C(=O)CCC12. The lowest BCUT2D eigenvalue weighted by molar-refractivity contribution is -0.120. The fourth-order valence-corrected chi connectivity index (χ4v) is 3.29. The van der Waals surface area contributed by atoms with Gasteiger partial charge in [-0.25, -0.2) is 0 Å². The quantitative estimate of drug-likeness (QED) is 0.686. The molecule has 16 heavy (non-hydrogen) atoms. The Balaban J connectivity index is 2.14. The van der Waals surface area contributed by atoms with Crippen LogP contribution in [0.5, 0.6) is 0 Å². The smallest absolute Gasteiger partial charge is 0.227 e. The van der Waals surface area contributed by atoms with E-state index in [1.165, 1.54) is 11.8 Å². The van der Waals surface area contributed by atoms with E-state index in [4.69, 9.17) is 0 Å². The van der Waals surface area contributed by atoms with Gasteiger partial charge in [0.25, 0.3) is 0 Å². The molecule has 1 amide bonds. The topological polar surface area (TPSA) is 37.4 Å². The molecule has 1 fully saturated rings. The zero-order valence-corrected chi connectivity index (χ0v) is 9.50. The molecule has 82 valence electrons. The third-order valence-electron chi connectivity index (χ3n) is 3.08. The number of carbonyl (C=O) groups excluding carboxylic acids is 2. The maximum Gasteiger partial charge on any atom is 0.227 e. The van der Waals surface area contributed by atoms with Crippen molar-refractivity contribution in [1.82, 2.24) is 0 Å². The molecule has 1 aromatic rings. The Morgan fingerprint density at radius 3 is 2.94 bits per heavy atom. The maximum absolute atomic E-state index is 11.9. The molecule has 4 heteroatoms. The summed E-state index contributed by atoms with van der Waals surface area (Å²) in [5.41, 5.74) is 0.908. The molecule has 2 heterocycles. The van der Waals surface area contributed by atoms with Crippen LogP contribution in [-0.2, 0) is 9.59 Å². The first-order chi connectivity index (χ1) is 7.77. The molecule has 3 nitrogen and oxygen atoms in total. The van der Waals surface area contributed by atoms with Crippen molar-refractivity contribution < 1.29 is 9.59 Å². The predicted molar refractivity (Wildman–Crippen MR) is 62.7 cm³/mol. The summed E-state index contributed by atoms with van der Waals surface area (Å²) in [6.45, 7) is 0. The molecular weight excluding hydrogens is 222 g/mol. The first-order valence-corrected chi connectivity index (χ1v) is 6.32. The third kappa shape index (κ3) is 1.37. The molecule has 0 N–H and O–H groups in total. The Labute approximate surface area is 97.8 Å². The number of carbonyl (C=O) groups is 2. The van der Waals surface area contributed by atoms with Gasteiger partial charge >= 0.3 is 0 Å². The average molecular weight is 233 g/mol. The standard InChI is InChI=1S/C12H11NO2S/c14-10-7-16-11-4-2-1-3-9(11)13-8(10)5-6-12(13)15/h1-4,8H,5-7H2. The molecule has 1 unspecified atom stereocenters. The van der Waals surface area contributed by atoms with Crippen molar-refractivity contribution in [1.29, 1.82) is 0 Å². The number of benzene rings is 1. The predicted octanol–water partition coefficient (Wildman–Crippen LogP) is 1.86. The Morgan fingerprint density at radius 2 is 2.06 bits per heavy atom. The summed E-state index contributed by atoms with van der Waals surface area (Å²) in [6.07, 6.45) is 1.17. The number of hydrogen-bond acceptors (Lipinski definition) is 3. The van der Waals surface area contributed by atoms with Crippen LogP contribution in [0.3, 0.4) is 0 Å². The van der Waals surface area contributed by atoms with Crippen LogP contribution in [0.4, 0.5) is 5.69 Å². The van der Waals surface area contributed by atoms with Crippen molar-refractivity contribution in [2.24, 2.45) is 0 Å². The van der Waals surface area contributed by atoms with Crippen molar-refractivity contribution in [2.75, 3.05) is 10.7 Å². The number of para-hydroxylation sites is 1. The summed E-state index contributed by atoms with van der Waals surface area (Å²) in [7, 11) is 0. The van der Waals surface area contributed by atoms with Gasteiger partial charge in [0, 0.05) is 11.3 Å². The largest absolute Gasteiger partial charge is 0.301 e. The van der Waals surface area contributed by atoms with Gasteiger partial charge in [0.15, 0.2) is 5.78 Å². The number of hydrogen-bond donors (Lipinski definition) is 0. The number of ketones is 1. The second-order valence-electron chi connectivity index (χ2n) is 4.04. The van der Waals surface area contributed by atoms with E-state index in [1.807, 2.05) is 24.3 Å². The van der Waals surface area contributed by atoms with E-state index in [0.29, 0.717) is 18.6 Å². The van der Waals surface area contributed by atoms with Crippen molar-refractivity contribution in [3.63, 3.8) is 0 Å². The van der Waals surface area contributed by atoms with Crippen molar-refractivity contribution in [3.05, 3.63) is 24.3 Å². The highest BCUT2D eigenvalue weighted by atomic mass is 32.2. The highest BCUT2D eigenvalue weighted by Crippen LogP contribution is 2.38. The summed E-state index contributed by atoms with van der Waals surface area (Å²) in [6, 6.07) is 7.54. The Bertz CT molecular complexity index is 472. The third-order valence-corrected chi connectivity index (χ3v) is 4.16. The lowest BCUT2D eigenvalue weighted by Crippen LogP contribution is -2.38. The highest BCUT2D eigenvalue weighted by molar-refractivity contribution is 8.00. The van der Waals surface area contributed by atoms with Gasteiger partial charge in [-0.1, -0.05) is 12.1 Å². The van der Waals surface area contributed by atoms with Crippen LogP contribution in [0.2, 0.25) is 0 Å². The maximum atomic E-state index is 11.9. The molecule has 0 spiro atoms. The molecular formula is C12H11NO2S. The Morgan fingerprint density at radius 1 is 1.25 bits per heavy atom. The minimum Gasteiger partial charge on any atom is -0.301 e. The van der Waals surface area contributed by atoms with Crippen LogP contribution in [-0.4, -0.2) is 23.5 Å². The monoisotopic (exact) mass is 233 g/mol. The molecule has 0 aromatic heterocycles. The molecule has 0 saturated carbocycles. The average Bonchev–Trinajstić information content (AvgIpc) is 2.61. The van der Waals surface area contributed by atoms with Crippen LogP contribution in [0, 0.1) is 0 Å². The summed E-state index contributed by atoms with van der Waals surface area (Å²) in [5, 5.41) is 0. The Kier molecular flexibility index (Phi) is 2.24. The zero-order chi connectivity index (χ0) is 11.1. The number of anilines is 1. The van der Waals surface area contributed by atoms with Crippen molar-refractivity contribution >= 4 is 29.1 Å². The zero-order valence-electron chi connectivity index (χ0n) is 8.68.